The van der Waals surface area contributed by atoms with Crippen molar-refractivity contribution in [2.45, 2.75) is 6.42 Å². The van der Waals surface area contributed by atoms with Crippen LogP contribution >= 0.6 is 0 Å². The van der Waals surface area contributed by atoms with Gasteiger partial charge >= 0.3 is 12.0 Å². The molecule has 10 heteroatoms. The number of urea groups is 1. The fourth-order valence-electron chi connectivity index (χ4n) is 2.16. The maximum absolute atomic E-state index is 12.0. The summed E-state index contributed by atoms with van der Waals surface area (Å²) >= 11 is 0. The van der Waals surface area contributed by atoms with Crippen LogP contribution in [0, 0.1) is 0 Å². The fourth-order valence-corrected chi connectivity index (χ4v) is 2.16. The topological polar surface area (TPSA) is 148 Å². The zero-order valence-electron chi connectivity index (χ0n) is 13.7. The number of carboxylic acids is 1. The van der Waals surface area contributed by atoms with Gasteiger partial charge in [-0.2, -0.15) is 0 Å². The number of nitrogens with zero attached hydrogens (tertiary/aromatic N) is 1. The number of hydrogen-bond donors (Lipinski definition) is 5. The lowest BCUT2D eigenvalue weighted by Gasteiger charge is -2.13. The Bertz CT molecular complexity index is 744. The number of anilines is 2. The molecule has 0 aliphatic carbocycles. The van der Waals surface area contributed by atoms with Gasteiger partial charge in [-0.25, -0.2) is 4.79 Å². The molecule has 138 valence electrons. The van der Waals surface area contributed by atoms with Crippen molar-refractivity contribution in [1.29, 1.82) is 0 Å². The van der Waals surface area contributed by atoms with Crippen molar-refractivity contribution in [2.24, 2.45) is 0 Å². The molecule has 10 nitrogen and oxygen atoms in total. The largest absolute Gasteiger partial charge is 0.481 e. The highest BCUT2D eigenvalue weighted by Crippen LogP contribution is 2.19. The number of hydrogen-bond acceptors (Lipinski definition) is 6. The molecule has 1 aliphatic heterocycles. The molecule has 4 amide bonds. The van der Waals surface area contributed by atoms with Crippen LogP contribution in [0.5, 0.6) is 0 Å². The standard InChI is InChI=1S/C16H18N4O6/c21-8-7-20-13(22)9-12(15(20)25)18-10-1-3-11(4-2-10)19-16(26)17-6-5-14(23)24/h1-4,9,18,21H,5-8H2,(H,23,24)(H2,17,19,26). The molecule has 26 heavy (non-hydrogen) atoms. The Morgan fingerprint density at radius 3 is 2.35 bits per heavy atom. The van der Waals surface area contributed by atoms with Crippen LogP contribution in [0.3, 0.4) is 0 Å². The molecule has 0 unspecified atom stereocenters. The van der Waals surface area contributed by atoms with Crippen molar-refractivity contribution in [2.75, 3.05) is 30.3 Å². The van der Waals surface area contributed by atoms with Gasteiger partial charge < -0.3 is 26.2 Å². The van der Waals surface area contributed by atoms with Crippen LogP contribution in [-0.4, -0.2) is 58.6 Å². The average Bonchev–Trinajstić information content (AvgIpc) is 2.84. The molecule has 0 saturated carbocycles. The summed E-state index contributed by atoms with van der Waals surface area (Å²) < 4.78 is 0. The summed E-state index contributed by atoms with van der Waals surface area (Å²) in [5.74, 6) is -2.03. The molecule has 5 N–H and O–H groups in total. The Morgan fingerprint density at radius 1 is 1.08 bits per heavy atom. The summed E-state index contributed by atoms with van der Waals surface area (Å²) in [6, 6.07) is 5.81. The number of nitrogens with one attached hydrogen (secondary N) is 3. The first-order valence-corrected chi connectivity index (χ1v) is 7.73. The van der Waals surface area contributed by atoms with Crippen molar-refractivity contribution in [3.05, 3.63) is 36.0 Å². The number of aliphatic hydroxyl groups is 1. The number of carbonyl (C=O) groups excluding carboxylic acids is 3. The van der Waals surface area contributed by atoms with Gasteiger partial charge in [0.25, 0.3) is 11.8 Å². The number of aliphatic carboxylic acids is 1. The van der Waals surface area contributed by atoms with E-state index in [4.69, 9.17) is 10.2 Å². The van der Waals surface area contributed by atoms with Crippen molar-refractivity contribution >= 4 is 35.2 Å². The minimum Gasteiger partial charge on any atom is -0.481 e. The van der Waals surface area contributed by atoms with Crippen LogP contribution in [-0.2, 0) is 14.4 Å². The molecule has 1 aromatic carbocycles. The summed E-state index contributed by atoms with van der Waals surface area (Å²) in [5.41, 5.74) is 1.09. The van der Waals surface area contributed by atoms with E-state index in [1.165, 1.54) is 0 Å². The molecular weight excluding hydrogens is 344 g/mol. The maximum Gasteiger partial charge on any atom is 0.319 e. The molecule has 0 fully saturated rings. The highest BCUT2D eigenvalue weighted by atomic mass is 16.4. The Labute approximate surface area is 148 Å². The highest BCUT2D eigenvalue weighted by Gasteiger charge is 2.30. The Hall–Kier alpha value is -3.40. The molecule has 1 aliphatic rings. The number of amides is 4. The molecular formula is C16H18N4O6. The predicted octanol–water partition coefficient (Wildman–Crippen LogP) is -0.0603. The van der Waals surface area contributed by atoms with Crippen molar-refractivity contribution in [3.8, 4) is 0 Å². The summed E-state index contributed by atoms with van der Waals surface area (Å²) in [6.45, 7) is -0.373. The van der Waals surface area contributed by atoms with E-state index in [1.54, 1.807) is 24.3 Å². The van der Waals surface area contributed by atoms with Crippen LogP contribution in [0.1, 0.15) is 6.42 Å². The van der Waals surface area contributed by atoms with E-state index < -0.39 is 23.8 Å². The molecule has 0 radical (unpaired) electrons. The zero-order chi connectivity index (χ0) is 19.1. The molecule has 1 heterocycles. The first-order chi connectivity index (χ1) is 12.4. The van der Waals surface area contributed by atoms with Gasteiger partial charge in [0.15, 0.2) is 0 Å². The number of aliphatic hydroxyl groups excluding tert-OH is 1. The third-order valence-electron chi connectivity index (χ3n) is 3.38. The molecule has 0 atom stereocenters. The predicted molar refractivity (Wildman–Crippen MR) is 91.2 cm³/mol. The summed E-state index contributed by atoms with van der Waals surface area (Å²) in [5, 5.41) is 25.1. The minimum atomic E-state index is -1.01. The van der Waals surface area contributed by atoms with Crippen LogP contribution in [0.15, 0.2) is 36.0 Å². The second kappa shape index (κ2) is 8.62. The van der Waals surface area contributed by atoms with Gasteiger partial charge in [-0.15, -0.1) is 0 Å². The van der Waals surface area contributed by atoms with Crippen molar-refractivity contribution < 1.29 is 29.4 Å². The number of β-amino-alcohol motifs (C(OH)–C–C–N with tert-alkyl or cyclic N) is 1. The second-order valence-corrected chi connectivity index (χ2v) is 5.30. The molecule has 1 aromatic rings. The minimum absolute atomic E-state index is 0.00937. The van der Waals surface area contributed by atoms with E-state index >= 15 is 0 Å². The third-order valence-corrected chi connectivity index (χ3v) is 3.38. The van der Waals surface area contributed by atoms with Crippen LogP contribution in [0.4, 0.5) is 16.2 Å². The van der Waals surface area contributed by atoms with E-state index in [1.807, 2.05) is 0 Å². The van der Waals surface area contributed by atoms with E-state index in [9.17, 15) is 19.2 Å². The quantitative estimate of drug-likeness (QED) is 0.407. The summed E-state index contributed by atoms with van der Waals surface area (Å²) in [4.78, 5) is 46.6. The van der Waals surface area contributed by atoms with Crippen molar-refractivity contribution in [1.82, 2.24) is 10.2 Å². The second-order valence-electron chi connectivity index (χ2n) is 5.30. The Kier molecular flexibility index (Phi) is 6.28. The van der Waals surface area contributed by atoms with Gasteiger partial charge in [0, 0.05) is 24.0 Å². The van der Waals surface area contributed by atoms with Gasteiger partial charge in [-0.05, 0) is 24.3 Å². The lowest BCUT2D eigenvalue weighted by Crippen LogP contribution is -2.34. The van der Waals surface area contributed by atoms with Gasteiger partial charge in [-0.3, -0.25) is 19.3 Å². The Morgan fingerprint density at radius 2 is 1.73 bits per heavy atom. The number of carboxylic acid groups (broad SMARTS) is 1. The highest BCUT2D eigenvalue weighted by molar-refractivity contribution is 6.17. The molecule has 0 aromatic heterocycles. The molecule has 2 rings (SSSR count). The normalized spacial score (nSPS) is 13.4. The maximum atomic E-state index is 12.0. The van der Waals surface area contributed by atoms with Gasteiger partial charge in [-0.1, -0.05) is 0 Å². The zero-order valence-corrected chi connectivity index (χ0v) is 13.7. The average molecular weight is 362 g/mol. The van der Waals surface area contributed by atoms with Crippen LogP contribution in [0.2, 0.25) is 0 Å². The van der Waals surface area contributed by atoms with Gasteiger partial charge in [0.1, 0.15) is 5.70 Å². The van der Waals surface area contributed by atoms with E-state index in [2.05, 4.69) is 16.0 Å². The molecule has 0 spiro atoms. The monoisotopic (exact) mass is 362 g/mol. The lowest BCUT2D eigenvalue weighted by atomic mass is 10.2. The third kappa shape index (κ3) is 5.05. The number of carbonyl (C=O) groups is 4. The van der Waals surface area contributed by atoms with E-state index in [0.29, 0.717) is 11.4 Å². The van der Waals surface area contributed by atoms with Crippen molar-refractivity contribution in [3.63, 3.8) is 0 Å². The SMILES string of the molecule is O=C(O)CCNC(=O)Nc1ccc(NC2=CC(=O)N(CCO)C2=O)cc1. The number of rotatable bonds is 8. The number of benzene rings is 1. The summed E-state index contributed by atoms with van der Waals surface area (Å²) in [6.07, 6.45) is 0.978. The molecule has 0 bridgehead atoms. The van der Waals surface area contributed by atoms with Crippen LogP contribution in [0.25, 0.3) is 0 Å². The number of imide groups is 1. The Balaban J connectivity index is 1.89. The fraction of sp³-hybridized carbons (Fsp3) is 0.250. The van der Waals surface area contributed by atoms with E-state index in [-0.39, 0.29) is 31.8 Å². The smallest absolute Gasteiger partial charge is 0.319 e. The summed E-state index contributed by atoms with van der Waals surface area (Å²) in [7, 11) is 0. The first kappa shape index (κ1) is 18.9. The van der Waals surface area contributed by atoms with Crippen LogP contribution < -0.4 is 16.0 Å². The van der Waals surface area contributed by atoms with E-state index in [0.717, 1.165) is 11.0 Å². The first-order valence-electron chi connectivity index (χ1n) is 7.73. The van der Waals surface area contributed by atoms with Gasteiger partial charge in [0.05, 0.1) is 19.6 Å². The molecule has 0 saturated heterocycles. The van der Waals surface area contributed by atoms with Gasteiger partial charge in [0.2, 0.25) is 0 Å². The lowest BCUT2D eigenvalue weighted by molar-refractivity contribution is -0.138.